The largest absolute Gasteiger partial charge is 0.456 e. The summed E-state index contributed by atoms with van der Waals surface area (Å²) < 4.78 is 36.4. The molecule has 4 aromatic carbocycles. The predicted octanol–water partition coefficient (Wildman–Crippen LogP) is 8.95. The number of benzene rings is 5. The SMILES string of the molecule is CCN(c1ccc2c(-c3ccccc3S(=O)(=O)C(C#N)C#N)c3cc/c(=[N+](/CC)c4ccc(Cl)cc4C)cc-3oc2c1)c1ccccc1C. The van der Waals surface area contributed by atoms with Crippen LogP contribution in [0.25, 0.3) is 33.4 Å². The summed E-state index contributed by atoms with van der Waals surface area (Å²) in [6.45, 7) is 9.63. The second kappa shape index (κ2) is 13.6. The summed E-state index contributed by atoms with van der Waals surface area (Å²) in [5, 5.41) is 19.6. The molecule has 0 saturated heterocycles. The van der Waals surface area contributed by atoms with Gasteiger partial charge >= 0.3 is 0 Å². The molecule has 4 aromatic rings. The van der Waals surface area contributed by atoms with Crippen LogP contribution in [-0.2, 0) is 9.84 Å². The Hall–Kier alpha value is -5.41. The van der Waals surface area contributed by atoms with Gasteiger partial charge in [0.15, 0.2) is 0 Å². The molecule has 6 rings (SSSR count). The van der Waals surface area contributed by atoms with E-state index in [1.165, 1.54) is 6.07 Å². The van der Waals surface area contributed by atoms with Gasteiger partial charge in [-0.3, -0.25) is 0 Å². The predicted molar refractivity (Wildman–Crippen MR) is 196 cm³/mol. The molecule has 2 aliphatic rings. The molecule has 0 bridgehead atoms. The molecule has 0 amide bonds. The third-order valence-electron chi connectivity index (χ3n) is 8.81. The summed E-state index contributed by atoms with van der Waals surface area (Å²) in [4.78, 5) is 2.11. The molecule has 1 heterocycles. The number of hydrogen-bond acceptors (Lipinski definition) is 6. The lowest BCUT2D eigenvalue weighted by Gasteiger charge is -2.26. The van der Waals surface area contributed by atoms with Crippen molar-refractivity contribution in [2.24, 2.45) is 0 Å². The molecular formula is C40H34ClN4O3S+. The molecule has 1 aliphatic heterocycles. The Balaban J connectivity index is 1.71. The molecule has 0 atom stereocenters. The molecule has 0 N–H and O–H groups in total. The van der Waals surface area contributed by atoms with Crippen LogP contribution in [0, 0.1) is 36.5 Å². The quantitative estimate of drug-likeness (QED) is 0.117. The number of anilines is 2. The molecule has 0 spiro atoms. The van der Waals surface area contributed by atoms with Crippen molar-refractivity contribution < 1.29 is 12.8 Å². The highest BCUT2D eigenvalue weighted by Gasteiger charge is 2.32. The van der Waals surface area contributed by atoms with E-state index in [0.717, 1.165) is 33.5 Å². The molecule has 49 heavy (non-hydrogen) atoms. The number of sulfone groups is 1. The summed E-state index contributed by atoms with van der Waals surface area (Å²) in [6.07, 6.45) is 0. The van der Waals surface area contributed by atoms with E-state index in [2.05, 4.69) is 42.4 Å². The standard InChI is InChI=1S/C40H34ClN4O3S/c1-5-44(35-13-9-7-11-26(35)3)29-16-18-32-37(22-29)48-38-23-30(45(6-2)36-20-15-28(41)21-27(36)4)17-19-33(38)40(32)34-12-8-10-14-39(34)49(46,47)31(24-42)25-43/h7-23,31H,5-6H2,1-4H3/q+1. The summed E-state index contributed by atoms with van der Waals surface area (Å²) in [6, 6.07) is 35.6. The fraction of sp³-hybridized carbons (Fsp3) is 0.175. The van der Waals surface area contributed by atoms with Crippen molar-refractivity contribution >= 4 is 49.5 Å². The monoisotopic (exact) mass is 685 g/mol. The highest BCUT2D eigenvalue weighted by molar-refractivity contribution is 7.92. The van der Waals surface area contributed by atoms with E-state index in [1.807, 2.05) is 73.7 Å². The van der Waals surface area contributed by atoms with Crippen molar-refractivity contribution in [3.8, 4) is 34.6 Å². The Morgan fingerprint density at radius 1 is 0.837 bits per heavy atom. The van der Waals surface area contributed by atoms with Gasteiger partial charge in [0.05, 0.1) is 23.1 Å². The van der Waals surface area contributed by atoms with Crippen LogP contribution in [0.2, 0.25) is 5.02 Å². The van der Waals surface area contributed by atoms with Crippen molar-refractivity contribution in [2.45, 2.75) is 37.8 Å². The summed E-state index contributed by atoms with van der Waals surface area (Å²) in [7, 11) is -4.33. The minimum atomic E-state index is -4.33. The van der Waals surface area contributed by atoms with Gasteiger partial charge in [-0.15, -0.1) is 0 Å². The number of hydrogen-bond donors (Lipinski definition) is 0. The van der Waals surface area contributed by atoms with Crippen LogP contribution < -0.4 is 14.8 Å². The van der Waals surface area contributed by atoms with Gasteiger partial charge in [0.25, 0.3) is 0 Å². The van der Waals surface area contributed by atoms with Crippen molar-refractivity contribution in [2.75, 3.05) is 18.0 Å². The van der Waals surface area contributed by atoms with Crippen LogP contribution >= 0.6 is 11.6 Å². The first-order valence-electron chi connectivity index (χ1n) is 16.0. The molecular weight excluding hydrogens is 652 g/mol. The zero-order chi connectivity index (χ0) is 34.9. The van der Waals surface area contributed by atoms with Crippen LogP contribution in [0.5, 0.6) is 0 Å². The average Bonchev–Trinajstić information content (AvgIpc) is 3.10. The molecule has 244 valence electrons. The highest BCUT2D eigenvalue weighted by Crippen LogP contribution is 2.44. The number of fused-ring (bicyclic) bond motifs is 2. The van der Waals surface area contributed by atoms with Crippen molar-refractivity contribution in [3.63, 3.8) is 0 Å². The summed E-state index contributed by atoms with van der Waals surface area (Å²) in [5.41, 5.74) is 7.40. The van der Waals surface area contributed by atoms with Crippen molar-refractivity contribution in [3.05, 3.63) is 125 Å². The normalized spacial score (nSPS) is 12.2. The number of nitrogens with zero attached hydrogens (tertiary/aromatic N) is 4. The lowest BCUT2D eigenvalue weighted by atomic mass is 9.93. The van der Waals surface area contributed by atoms with E-state index >= 15 is 0 Å². The fourth-order valence-electron chi connectivity index (χ4n) is 6.48. The van der Waals surface area contributed by atoms with Gasteiger partial charge in [-0.1, -0.05) is 48.0 Å². The molecule has 1 aliphatic carbocycles. The minimum Gasteiger partial charge on any atom is -0.456 e. The van der Waals surface area contributed by atoms with E-state index in [9.17, 15) is 18.9 Å². The molecule has 7 nitrogen and oxygen atoms in total. The first-order valence-corrected chi connectivity index (χ1v) is 17.9. The lowest BCUT2D eigenvalue weighted by molar-refractivity contribution is 0.595. The first-order chi connectivity index (χ1) is 23.6. The fourth-order valence-corrected chi connectivity index (χ4v) is 7.98. The molecule has 0 saturated carbocycles. The maximum atomic E-state index is 13.7. The van der Waals surface area contributed by atoms with Crippen LogP contribution in [0.1, 0.15) is 25.0 Å². The Kier molecular flexibility index (Phi) is 9.30. The zero-order valence-electron chi connectivity index (χ0n) is 27.6. The van der Waals surface area contributed by atoms with Crippen molar-refractivity contribution in [1.82, 2.24) is 4.58 Å². The van der Waals surface area contributed by atoms with Gasteiger partial charge in [0.1, 0.15) is 17.9 Å². The van der Waals surface area contributed by atoms with Crippen LogP contribution in [0.3, 0.4) is 0 Å². The van der Waals surface area contributed by atoms with Gasteiger partial charge in [-0.2, -0.15) is 15.1 Å². The van der Waals surface area contributed by atoms with Gasteiger partial charge in [0, 0.05) is 68.8 Å². The molecule has 0 aromatic heterocycles. The molecule has 0 fully saturated rings. The zero-order valence-corrected chi connectivity index (χ0v) is 29.2. The molecule has 9 heteroatoms. The second-order valence-electron chi connectivity index (χ2n) is 11.7. The highest BCUT2D eigenvalue weighted by atomic mass is 35.5. The molecule has 0 radical (unpaired) electrons. The van der Waals surface area contributed by atoms with Crippen LogP contribution in [-0.4, -0.2) is 26.8 Å². The third-order valence-corrected chi connectivity index (χ3v) is 10.8. The summed E-state index contributed by atoms with van der Waals surface area (Å²) >= 11 is 6.28. The van der Waals surface area contributed by atoms with Crippen LogP contribution in [0.15, 0.2) is 112 Å². The number of nitriles is 2. The van der Waals surface area contributed by atoms with E-state index < -0.39 is 15.1 Å². The van der Waals surface area contributed by atoms with Crippen LogP contribution in [0.4, 0.5) is 17.1 Å². The second-order valence-corrected chi connectivity index (χ2v) is 14.2. The van der Waals surface area contributed by atoms with E-state index in [1.54, 1.807) is 30.3 Å². The maximum Gasteiger partial charge on any atom is 0.237 e. The van der Waals surface area contributed by atoms with Gasteiger partial charge in [-0.05, 0) is 75.7 Å². The smallest absolute Gasteiger partial charge is 0.237 e. The average molecular weight is 686 g/mol. The summed E-state index contributed by atoms with van der Waals surface area (Å²) in [5.74, 6) is 0.547. The third kappa shape index (κ3) is 6.06. The van der Waals surface area contributed by atoms with Gasteiger partial charge < -0.3 is 9.32 Å². The molecule has 0 unspecified atom stereocenters. The Morgan fingerprint density at radius 2 is 1.57 bits per heavy atom. The van der Waals surface area contributed by atoms with Crippen molar-refractivity contribution in [1.29, 1.82) is 10.5 Å². The Labute approximate surface area is 291 Å². The Bertz CT molecular complexity index is 2460. The van der Waals surface area contributed by atoms with Gasteiger partial charge in [0.2, 0.25) is 26.1 Å². The number of aryl methyl sites for hydroxylation is 2. The number of rotatable bonds is 8. The Morgan fingerprint density at radius 3 is 2.27 bits per heavy atom. The van der Waals surface area contributed by atoms with E-state index in [4.69, 9.17) is 16.0 Å². The topological polar surface area (TPSA) is 101 Å². The maximum absolute atomic E-state index is 13.7. The van der Waals surface area contributed by atoms with E-state index in [-0.39, 0.29) is 4.90 Å². The van der Waals surface area contributed by atoms with Gasteiger partial charge in [-0.25, -0.2) is 8.42 Å². The number of halogens is 1. The number of para-hydroxylation sites is 1. The first kappa shape index (κ1) is 33.5. The van der Waals surface area contributed by atoms with E-state index in [0.29, 0.717) is 51.5 Å². The lowest BCUT2D eigenvalue weighted by Crippen LogP contribution is -2.26. The minimum absolute atomic E-state index is 0.0906.